The first kappa shape index (κ1) is 17.5. The normalized spacial score (nSPS) is 11.1. The number of nitrogens with one attached hydrogen (secondary N) is 2. The Morgan fingerprint density at radius 2 is 2.19 bits per heavy atom. The third-order valence-corrected chi connectivity index (χ3v) is 2.90. The van der Waals surface area contributed by atoms with Crippen molar-refractivity contribution in [2.24, 2.45) is 4.99 Å². The monoisotopic (exact) mass is 404 g/mol. The van der Waals surface area contributed by atoms with Gasteiger partial charge in [0, 0.05) is 26.0 Å². The first-order valence-electron chi connectivity index (χ1n) is 6.54. The molecule has 2 heterocycles. The highest BCUT2D eigenvalue weighted by Crippen LogP contribution is 2.07. The van der Waals surface area contributed by atoms with Gasteiger partial charge in [0.1, 0.15) is 5.76 Å². The van der Waals surface area contributed by atoms with Crippen molar-refractivity contribution in [3.8, 4) is 0 Å². The second kappa shape index (κ2) is 8.65. The standard InChI is InChI=1S/C13H20N6O.HI/c1-10-11(2)20-12(18-10)9-16-13(14-3)15-6-8-19-7-4-5-17-19;/h4-5,7H,6,8-9H2,1-3H3,(H2,14,15,16);1H. The molecule has 7 nitrogen and oxygen atoms in total. The van der Waals surface area contributed by atoms with Crippen LogP contribution in [0.4, 0.5) is 0 Å². The summed E-state index contributed by atoms with van der Waals surface area (Å²) in [5.74, 6) is 2.23. The van der Waals surface area contributed by atoms with Gasteiger partial charge >= 0.3 is 0 Å². The van der Waals surface area contributed by atoms with Crippen molar-refractivity contribution in [3.05, 3.63) is 35.8 Å². The van der Waals surface area contributed by atoms with Crippen molar-refractivity contribution in [1.29, 1.82) is 0 Å². The fourth-order valence-electron chi connectivity index (χ4n) is 1.72. The maximum atomic E-state index is 5.50. The number of aryl methyl sites for hydroxylation is 2. The Balaban J connectivity index is 0.00000220. The second-order valence-electron chi connectivity index (χ2n) is 4.37. The highest BCUT2D eigenvalue weighted by Gasteiger charge is 2.06. The largest absolute Gasteiger partial charge is 0.444 e. The number of hydrogen-bond donors (Lipinski definition) is 2. The summed E-state index contributed by atoms with van der Waals surface area (Å²) in [4.78, 5) is 8.46. The lowest BCUT2D eigenvalue weighted by Gasteiger charge is -2.10. The Morgan fingerprint density at radius 1 is 1.38 bits per heavy atom. The summed E-state index contributed by atoms with van der Waals surface area (Å²) < 4.78 is 7.36. The number of hydrogen-bond acceptors (Lipinski definition) is 4. The fourth-order valence-corrected chi connectivity index (χ4v) is 1.72. The van der Waals surface area contributed by atoms with Crippen LogP contribution in [0.15, 0.2) is 27.9 Å². The summed E-state index contributed by atoms with van der Waals surface area (Å²) in [5.41, 5.74) is 0.920. The molecule has 0 radical (unpaired) electrons. The molecule has 0 fully saturated rings. The zero-order chi connectivity index (χ0) is 14.4. The van der Waals surface area contributed by atoms with Gasteiger partial charge in [-0.25, -0.2) is 4.98 Å². The third-order valence-electron chi connectivity index (χ3n) is 2.90. The Hall–Kier alpha value is -1.58. The molecule has 0 bridgehead atoms. The van der Waals surface area contributed by atoms with Crippen molar-refractivity contribution in [2.75, 3.05) is 13.6 Å². The van der Waals surface area contributed by atoms with Crippen molar-refractivity contribution >= 4 is 29.9 Å². The average molecular weight is 404 g/mol. The van der Waals surface area contributed by atoms with E-state index >= 15 is 0 Å². The SMILES string of the molecule is CN=C(NCCn1cccn1)NCc1nc(C)c(C)o1.I. The molecule has 0 aliphatic heterocycles. The predicted molar refractivity (Wildman–Crippen MR) is 91.8 cm³/mol. The van der Waals surface area contributed by atoms with Crippen LogP contribution >= 0.6 is 24.0 Å². The Bertz CT molecular complexity index is 544. The second-order valence-corrected chi connectivity index (χ2v) is 4.37. The first-order chi connectivity index (χ1) is 9.69. The van der Waals surface area contributed by atoms with Gasteiger partial charge in [-0.15, -0.1) is 24.0 Å². The van der Waals surface area contributed by atoms with Crippen molar-refractivity contribution in [2.45, 2.75) is 26.9 Å². The number of aromatic nitrogens is 3. The molecule has 0 aliphatic carbocycles. The first-order valence-corrected chi connectivity index (χ1v) is 6.54. The lowest BCUT2D eigenvalue weighted by molar-refractivity contribution is 0.463. The lowest BCUT2D eigenvalue weighted by Crippen LogP contribution is -2.38. The van der Waals surface area contributed by atoms with E-state index in [1.54, 1.807) is 13.2 Å². The van der Waals surface area contributed by atoms with Crippen LogP contribution in [0.3, 0.4) is 0 Å². The van der Waals surface area contributed by atoms with E-state index in [2.05, 4.69) is 25.7 Å². The van der Waals surface area contributed by atoms with Crippen LogP contribution in [0.25, 0.3) is 0 Å². The molecule has 0 aromatic carbocycles. The van der Waals surface area contributed by atoms with Crippen LogP contribution in [0.5, 0.6) is 0 Å². The van der Waals surface area contributed by atoms with Gasteiger partial charge < -0.3 is 15.1 Å². The molecular weight excluding hydrogens is 383 g/mol. The lowest BCUT2D eigenvalue weighted by atomic mass is 10.4. The highest BCUT2D eigenvalue weighted by molar-refractivity contribution is 14.0. The van der Waals surface area contributed by atoms with Crippen molar-refractivity contribution in [1.82, 2.24) is 25.4 Å². The highest BCUT2D eigenvalue weighted by atomic mass is 127. The molecule has 0 saturated heterocycles. The summed E-state index contributed by atoms with van der Waals surface area (Å²) in [6, 6.07) is 1.90. The zero-order valence-corrected chi connectivity index (χ0v) is 14.8. The summed E-state index contributed by atoms with van der Waals surface area (Å²) >= 11 is 0. The van der Waals surface area contributed by atoms with E-state index in [9.17, 15) is 0 Å². The molecular formula is C13H21IN6O. The topological polar surface area (TPSA) is 80.3 Å². The molecule has 0 spiro atoms. The minimum atomic E-state index is 0. The maximum Gasteiger partial charge on any atom is 0.214 e. The van der Waals surface area contributed by atoms with Gasteiger partial charge in [-0.2, -0.15) is 5.10 Å². The van der Waals surface area contributed by atoms with E-state index in [1.807, 2.05) is 30.8 Å². The molecule has 0 amide bonds. The van der Waals surface area contributed by atoms with Crippen LogP contribution in [-0.2, 0) is 13.1 Å². The van der Waals surface area contributed by atoms with Crippen LogP contribution < -0.4 is 10.6 Å². The average Bonchev–Trinajstić information content (AvgIpc) is 3.05. The summed E-state index contributed by atoms with van der Waals surface area (Å²) in [6.45, 7) is 5.87. The van der Waals surface area contributed by atoms with E-state index < -0.39 is 0 Å². The summed E-state index contributed by atoms with van der Waals surface area (Å²) in [7, 11) is 1.73. The number of nitrogens with zero attached hydrogens (tertiary/aromatic N) is 4. The molecule has 2 aromatic heterocycles. The van der Waals surface area contributed by atoms with E-state index in [1.165, 1.54) is 0 Å². The Labute approximate surface area is 141 Å². The van der Waals surface area contributed by atoms with E-state index in [0.29, 0.717) is 18.4 Å². The molecule has 0 saturated carbocycles. The van der Waals surface area contributed by atoms with E-state index in [0.717, 1.165) is 24.5 Å². The van der Waals surface area contributed by atoms with Gasteiger partial charge in [0.2, 0.25) is 5.89 Å². The summed E-state index contributed by atoms with van der Waals surface area (Å²) in [6.07, 6.45) is 3.69. The van der Waals surface area contributed by atoms with Gasteiger partial charge in [0.25, 0.3) is 0 Å². The third kappa shape index (κ3) is 5.37. The molecule has 0 atom stereocenters. The molecule has 116 valence electrons. The van der Waals surface area contributed by atoms with Crippen LogP contribution in [-0.4, -0.2) is 34.3 Å². The van der Waals surface area contributed by atoms with Crippen LogP contribution in [0.2, 0.25) is 0 Å². The predicted octanol–water partition coefficient (Wildman–Crippen LogP) is 1.47. The number of halogens is 1. The van der Waals surface area contributed by atoms with E-state index in [4.69, 9.17) is 4.42 Å². The number of oxazole rings is 1. The summed E-state index contributed by atoms with van der Waals surface area (Å²) in [5, 5.41) is 10.5. The maximum absolute atomic E-state index is 5.50. The minimum Gasteiger partial charge on any atom is -0.444 e. The fraction of sp³-hybridized carbons (Fsp3) is 0.462. The zero-order valence-electron chi connectivity index (χ0n) is 12.5. The van der Waals surface area contributed by atoms with Crippen LogP contribution in [0, 0.1) is 13.8 Å². The molecule has 2 N–H and O–H groups in total. The molecule has 8 heteroatoms. The number of aliphatic imine (C=N–C) groups is 1. The van der Waals surface area contributed by atoms with Gasteiger partial charge in [-0.3, -0.25) is 9.67 Å². The molecule has 2 aromatic rings. The van der Waals surface area contributed by atoms with Crippen molar-refractivity contribution < 1.29 is 4.42 Å². The van der Waals surface area contributed by atoms with Crippen LogP contribution in [0.1, 0.15) is 17.3 Å². The Kier molecular flexibility index (Phi) is 7.20. The molecule has 2 rings (SSSR count). The number of guanidine groups is 1. The van der Waals surface area contributed by atoms with Gasteiger partial charge in [0.05, 0.1) is 18.8 Å². The van der Waals surface area contributed by atoms with E-state index in [-0.39, 0.29) is 24.0 Å². The molecule has 21 heavy (non-hydrogen) atoms. The molecule has 0 unspecified atom stereocenters. The van der Waals surface area contributed by atoms with Crippen molar-refractivity contribution in [3.63, 3.8) is 0 Å². The molecule has 0 aliphatic rings. The Morgan fingerprint density at radius 3 is 2.76 bits per heavy atom. The van der Waals surface area contributed by atoms with Gasteiger partial charge in [0.15, 0.2) is 5.96 Å². The van der Waals surface area contributed by atoms with Gasteiger partial charge in [-0.1, -0.05) is 0 Å². The van der Waals surface area contributed by atoms with Gasteiger partial charge in [-0.05, 0) is 19.9 Å². The smallest absolute Gasteiger partial charge is 0.214 e. The minimum absolute atomic E-state index is 0. The quantitative estimate of drug-likeness (QED) is 0.448. The number of rotatable bonds is 5.